The molecule has 0 saturated carbocycles. The molecule has 2 aromatic carbocycles. The molecule has 0 amide bonds. The van der Waals surface area contributed by atoms with Crippen LogP contribution in [0.2, 0.25) is 10.0 Å². The molecule has 0 aliphatic heterocycles. The molecule has 0 aliphatic rings. The van der Waals surface area contributed by atoms with Gasteiger partial charge in [-0.1, -0.05) is 47.5 Å². The molecule has 0 radical (unpaired) electrons. The van der Waals surface area contributed by atoms with Gasteiger partial charge >= 0.3 is 0 Å². The van der Waals surface area contributed by atoms with Gasteiger partial charge in [0.2, 0.25) is 0 Å². The summed E-state index contributed by atoms with van der Waals surface area (Å²) in [6.07, 6.45) is 1.54. The number of rotatable bonds is 9. The predicted molar refractivity (Wildman–Crippen MR) is 100 cm³/mol. The van der Waals surface area contributed by atoms with Crippen molar-refractivity contribution in [3.63, 3.8) is 0 Å². The van der Waals surface area contributed by atoms with E-state index in [2.05, 4.69) is 0 Å². The number of hydrogen-bond acceptors (Lipinski definition) is 4. The Balaban J connectivity index is 2.27. The van der Waals surface area contributed by atoms with Gasteiger partial charge in [-0.3, -0.25) is 0 Å². The van der Waals surface area contributed by atoms with Crippen molar-refractivity contribution in [1.82, 2.24) is 0 Å². The number of ether oxygens (including phenoxy) is 2. The van der Waals surface area contributed by atoms with Crippen LogP contribution in [0.1, 0.15) is 12.8 Å². The van der Waals surface area contributed by atoms with Gasteiger partial charge in [0.1, 0.15) is 11.5 Å². The summed E-state index contributed by atoms with van der Waals surface area (Å²) in [5, 5.41) is 1.05. The first-order valence-corrected chi connectivity index (χ1v) is 8.67. The van der Waals surface area contributed by atoms with Gasteiger partial charge in [-0.05, 0) is 38.1 Å². The van der Waals surface area contributed by atoms with Crippen molar-refractivity contribution >= 4 is 23.2 Å². The molecular weight excluding hydrogens is 347 g/mol. The lowest BCUT2D eigenvalue weighted by molar-refractivity contribution is 0.313. The average molecular weight is 369 g/mol. The molecule has 0 aliphatic carbocycles. The Bertz CT molecular complexity index is 608. The second kappa shape index (κ2) is 9.74. The summed E-state index contributed by atoms with van der Waals surface area (Å²) in [5.41, 5.74) is 12.6. The highest BCUT2D eigenvalue weighted by molar-refractivity contribution is 6.38. The van der Waals surface area contributed by atoms with Gasteiger partial charge < -0.3 is 20.9 Å². The molecular formula is C18H22Cl2N2O2. The third kappa shape index (κ3) is 4.77. The van der Waals surface area contributed by atoms with Crippen LogP contribution < -0.4 is 20.9 Å². The molecule has 4 nitrogen and oxygen atoms in total. The monoisotopic (exact) mass is 368 g/mol. The van der Waals surface area contributed by atoms with Crippen molar-refractivity contribution in [2.24, 2.45) is 11.5 Å². The van der Waals surface area contributed by atoms with E-state index in [4.69, 9.17) is 44.1 Å². The quantitative estimate of drug-likeness (QED) is 0.653. The molecule has 0 atom stereocenters. The van der Waals surface area contributed by atoms with Crippen LogP contribution >= 0.6 is 23.2 Å². The first-order valence-electron chi connectivity index (χ1n) is 7.92. The van der Waals surface area contributed by atoms with E-state index in [-0.39, 0.29) is 0 Å². The van der Waals surface area contributed by atoms with Crippen LogP contribution in [0.15, 0.2) is 36.4 Å². The standard InChI is InChI=1S/C18H22Cl2N2O2/c19-17-13(5-1-7-15(17)23-11-3-9-21)14-6-2-8-16(18(14)20)24-12-4-10-22/h1-2,5-8H,3-4,9-12,21-22H2. The Morgan fingerprint density at radius 1 is 0.708 bits per heavy atom. The fourth-order valence-corrected chi connectivity index (χ4v) is 2.76. The maximum absolute atomic E-state index is 6.50. The molecule has 2 aromatic rings. The highest BCUT2D eigenvalue weighted by Gasteiger charge is 2.14. The van der Waals surface area contributed by atoms with E-state index in [0.29, 0.717) is 47.8 Å². The lowest BCUT2D eigenvalue weighted by Gasteiger charge is -2.14. The van der Waals surface area contributed by atoms with Gasteiger partial charge in [0.15, 0.2) is 0 Å². The Labute approximate surface area is 152 Å². The molecule has 4 N–H and O–H groups in total. The van der Waals surface area contributed by atoms with Gasteiger partial charge in [-0.2, -0.15) is 0 Å². The van der Waals surface area contributed by atoms with E-state index in [9.17, 15) is 0 Å². The molecule has 6 heteroatoms. The summed E-state index contributed by atoms with van der Waals surface area (Å²) >= 11 is 13.0. The van der Waals surface area contributed by atoms with Crippen LogP contribution in [0, 0.1) is 0 Å². The lowest BCUT2D eigenvalue weighted by atomic mass is 10.0. The van der Waals surface area contributed by atoms with Gasteiger partial charge in [0, 0.05) is 11.1 Å². The van der Waals surface area contributed by atoms with Crippen LogP contribution in [0.25, 0.3) is 11.1 Å². The first-order chi connectivity index (χ1) is 11.7. The molecule has 24 heavy (non-hydrogen) atoms. The van der Waals surface area contributed by atoms with Crippen molar-refractivity contribution in [3.05, 3.63) is 46.4 Å². The van der Waals surface area contributed by atoms with Crippen molar-refractivity contribution in [3.8, 4) is 22.6 Å². The Kier molecular flexibility index (Phi) is 7.66. The molecule has 0 heterocycles. The van der Waals surface area contributed by atoms with E-state index in [1.54, 1.807) is 0 Å². The van der Waals surface area contributed by atoms with Crippen LogP contribution in [-0.4, -0.2) is 26.3 Å². The predicted octanol–water partition coefficient (Wildman–Crippen LogP) is 4.12. The van der Waals surface area contributed by atoms with Crippen LogP contribution in [-0.2, 0) is 0 Å². The molecule has 0 spiro atoms. The summed E-state index contributed by atoms with van der Waals surface area (Å²) < 4.78 is 11.4. The van der Waals surface area contributed by atoms with E-state index in [0.717, 1.165) is 24.0 Å². The molecule has 0 fully saturated rings. The first kappa shape index (κ1) is 18.9. The molecule has 0 bridgehead atoms. The van der Waals surface area contributed by atoms with E-state index >= 15 is 0 Å². The average Bonchev–Trinajstić information content (AvgIpc) is 2.59. The fraction of sp³-hybridized carbons (Fsp3) is 0.333. The molecule has 130 valence electrons. The van der Waals surface area contributed by atoms with Gasteiger partial charge in [-0.15, -0.1) is 0 Å². The van der Waals surface area contributed by atoms with Crippen molar-refractivity contribution in [2.75, 3.05) is 26.3 Å². The van der Waals surface area contributed by atoms with Crippen molar-refractivity contribution < 1.29 is 9.47 Å². The Morgan fingerprint density at radius 2 is 1.12 bits per heavy atom. The maximum Gasteiger partial charge on any atom is 0.138 e. The van der Waals surface area contributed by atoms with Crippen LogP contribution in [0.3, 0.4) is 0 Å². The molecule has 2 rings (SSSR count). The topological polar surface area (TPSA) is 70.5 Å². The number of nitrogens with two attached hydrogens (primary N) is 2. The fourth-order valence-electron chi connectivity index (χ4n) is 2.19. The molecule has 0 saturated heterocycles. The summed E-state index contributed by atoms with van der Waals surface area (Å²) in [4.78, 5) is 0. The zero-order chi connectivity index (χ0) is 17.4. The van der Waals surface area contributed by atoms with E-state index in [1.807, 2.05) is 36.4 Å². The number of halogens is 2. The smallest absolute Gasteiger partial charge is 0.138 e. The van der Waals surface area contributed by atoms with Gasteiger partial charge in [-0.25, -0.2) is 0 Å². The highest BCUT2D eigenvalue weighted by atomic mass is 35.5. The normalized spacial score (nSPS) is 10.7. The second-order valence-corrected chi connectivity index (χ2v) is 5.97. The van der Waals surface area contributed by atoms with E-state index < -0.39 is 0 Å². The molecule has 0 aromatic heterocycles. The zero-order valence-corrected chi connectivity index (χ0v) is 14.9. The maximum atomic E-state index is 6.50. The minimum atomic E-state index is 0.523. The van der Waals surface area contributed by atoms with Crippen LogP contribution in [0.5, 0.6) is 11.5 Å². The minimum Gasteiger partial charge on any atom is -0.492 e. The third-order valence-corrected chi connectivity index (χ3v) is 4.21. The number of hydrogen-bond donors (Lipinski definition) is 2. The zero-order valence-electron chi connectivity index (χ0n) is 13.4. The summed E-state index contributed by atoms with van der Waals surface area (Å²) in [5.74, 6) is 1.24. The highest BCUT2D eigenvalue weighted by Crippen LogP contribution is 2.41. The van der Waals surface area contributed by atoms with Crippen LogP contribution in [0.4, 0.5) is 0 Å². The Hall–Kier alpha value is -1.46. The third-order valence-electron chi connectivity index (χ3n) is 3.43. The van der Waals surface area contributed by atoms with Crippen molar-refractivity contribution in [1.29, 1.82) is 0 Å². The number of benzene rings is 2. The second-order valence-electron chi connectivity index (χ2n) is 5.22. The van der Waals surface area contributed by atoms with Crippen molar-refractivity contribution in [2.45, 2.75) is 12.8 Å². The van der Waals surface area contributed by atoms with Gasteiger partial charge in [0.05, 0.1) is 23.3 Å². The van der Waals surface area contributed by atoms with E-state index in [1.165, 1.54) is 0 Å². The largest absolute Gasteiger partial charge is 0.492 e. The Morgan fingerprint density at radius 3 is 1.50 bits per heavy atom. The lowest BCUT2D eigenvalue weighted by Crippen LogP contribution is -2.06. The molecule has 0 unspecified atom stereocenters. The SMILES string of the molecule is NCCCOc1cccc(-c2cccc(OCCCN)c2Cl)c1Cl. The summed E-state index contributed by atoms with van der Waals surface area (Å²) in [7, 11) is 0. The summed E-state index contributed by atoms with van der Waals surface area (Å²) in [6.45, 7) is 2.20. The minimum absolute atomic E-state index is 0.523. The van der Waals surface area contributed by atoms with Gasteiger partial charge in [0.25, 0.3) is 0 Å². The summed E-state index contributed by atoms with van der Waals surface area (Å²) in [6, 6.07) is 11.2.